The van der Waals surface area contributed by atoms with E-state index in [2.05, 4.69) is 20.3 Å². The molecule has 5 aromatic rings. The minimum absolute atomic E-state index is 0.322. The number of benzene rings is 2. The fourth-order valence-corrected chi connectivity index (χ4v) is 4.27. The topological polar surface area (TPSA) is 83.8 Å². The quantitative estimate of drug-likeness (QED) is 0.368. The van der Waals surface area contributed by atoms with Gasteiger partial charge < -0.3 is 13.8 Å². The summed E-state index contributed by atoms with van der Waals surface area (Å²) in [7, 11) is 0. The van der Waals surface area contributed by atoms with Crippen LogP contribution in [0.15, 0.2) is 65.4 Å². The number of nitrogens with zero attached hydrogens (tertiary/aromatic N) is 6. The summed E-state index contributed by atoms with van der Waals surface area (Å²) in [6.07, 6.45) is 1.79. The summed E-state index contributed by atoms with van der Waals surface area (Å²) in [5, 5.41) is 13.6. The molecule has 0 radical (unpaired) electrons. The van der Waals surface area contributed by atoms with Crippen molar-refractivity contribution >= 4 is 11.6 Å². The van der Waals surface area contributed by atoms with E-state index < -0.39 is 0 Å². The monoisotopic (exact) mass is 458 g/mol. The number of imidazole rings is 1. The molecule has 0 aliphatic carbocycles. The number of rotatable bonds is 5. The summed E-state index contributed by atoms with van der Waals surface area (Å²) < 4.78 is 15.6. The van der Waals surface area contributed by atoms with E-state index in [0.29, 0.717) is 30.5 Å². The van der Waals surface area contributed by atoms with Crippen molar-refractivity contribution in [2.45, 2.75) is 26.7 Å². The van der Waals surface area contributed by atoms with Crippen LogP contribution in [-0.4, -0.2) is 29.5 Å². The minimum Gasteiger partial charge on any atom is -0.369 e. The Morgan fingerprint density at radius 1 is 1.06 bits per heavy atom. The highest BCUT2D eigenvalue weighted by molar-refractivity contribution is 6.31. The second-order valence-electron chi connectivity index (χ2n) is 7.91. The number of fused-ring (bicyclic) bond motifs is 5. The second kappa shape index (κ2) is 7.99. The Bertz CT molecular complexity index is 1450. The molecule has 0 unspecified atom stereocenters. The fraction of sp³-hybridized carbons (Fsp3) is 0.167. The molecule has 9 heteroatoms. The fourth-order valence-electron chi connectivity index (χ4n) is 4.10. The van der Waals surface area contributed by atoms with E-state index in [1.807, 2.05) is 70.7 Å². The van der Waals surface area contributed by atoms with Gasteiger partial charge in [0.25, 0.3) is 0 Å². The lowest BCUT2D eigenvalue weighted by Gasteiger charge is -2.09. The lowest BCUT2D eigenvalue weighted by atomic mass is 10.1. The average Bonchev–Trinajstić information content (AvgIpc) is 3.52. The van der Waals surface area contributed by atoms with Crippen molar-refractivity contribution in [1.82, 2.24) is 29.5 Å². The van der Waals surface area contributed by atoms with Crippen molar-refractivity contribution in [1.29, 1.82) is 0 Å². The van der Waals surface area contributed by atoms with Crippen LogP contribution in [0.1, 0.15) is 22.8 Å². The van der Waals surface area contributed by atoms with E-state index in [1.54, 1.807) is 6.33 Å². The first-order valence-corrected chi connectivity index (χ1v) is 10.9. The van der Waals surface area contributed by atoms with Crippen LogP contribution in [0.3, 0.4) is 0 Å². The summed E-state index contributed by atoms with van der Waals surface area (Å²) in [4.78, 5) is 4.64. The van der Waals surface area contributed by atoms with E-state index in [9.17, 15) is 0 Å². The standard InChI is InChI=1S/C24H19ClN6O2/c1-15-9-21(33-29-15)23-20-11-30-22(13-32-12-16-5-3-2-4-6-16)27-28-24(30)18-10-17(25)7-8-19(18)31(20)14-26-23/h2-10,14H,11-13H2,1H3. The van der Waals surface area contributed by atoms with Crippen LogP contribution in [-0.2, 0) is 24.5 Å². The highest BCUT2D eigenvalue weighted by Gasteiger charge is 2.27. The third-order valence-corrected chi connectivity index (χ3v) is 5.90. The zero-order valence-electron chi connectivity index (χ0n) is 17.8. The zero-order chi connectivity index (χ0) is 22.4. The van der Waals surface area contributed by atoms with Gasteiger partial charge in [0.2, 0.25) is 0 Å². The Morgan fingerprint density at radius 3 is 2.76 bits per heavy atom. The molecule has 1 aliphatic rings. The number of hydrogen-bond donors (Lipinski definition) is 0. The molecule has 6 rings (SSSR count). The first-order chi connectivity index (χ1) is 16.2. The summed E-state index contributed by atoms with van der Waals surface area (Å²) in [5.74, 6) is 2.07. The number of aryl methyl sites for hydroxylation is 1. The predicted molar refractivity (Wildman–Crippen MR) is 122 cm³/mol. The molecule has 0 atom stereocenters. The SMILES string of the molecule is Cc1cc(-c2ncn3c2Cn2c(COCc4ccccc4)nnc2-c2cc(Cl)ccc2-3)on1. The van der Waals surface area contributed by atoms with Gasteiger partial charge in [-0.05, 0) is 30.7 Å². The molecule has 2 aromatic carbocycles. The van der Waals surface area contributed by atoms with Crippen LogP contribution in [0.4, 0.5) is 0 Å². The van der Waals surface area contributed by atoms with Gasteiger partial charge in [0.05, 0.1) is 30.2 Å². The molecule has 164 valence electrons. The van der Waals surface area contributed by atoms with Crippen LogP contribution in [0, 0.1) is 6.92 Å². The van der Waals surface area contributed by atoms with Gasteiger partial charge >= 0.3 is 0 Å². The first-order valence-electron chi connectivity index (χ1n) is 10.5. The van der Waals surface area contributed by atoms with Gasteiger partial charge in [-0.15, -0.1) is 10.2 Å². The molecule has 0 fully saturated rings. The third-order valence-electron chi connectivity index (χ3n) is 5.66. The molecule has 0 amide bonds. The lowest BCUT2D eigenvalue weighted by Crippen LogP contribution is -2.09. The first kappa shape index (κ1) is 19.9. The summed E-state index contributed by atoms with van der Waals surface area (Å²) in [6.45, 7) is 3.20. The smallest absolute Gasteiger partial charge is 0.187 e. The van der Waals surface area contributed by atoms with Crippen LogP contribution in [0.25, 0.3) is 28.5 Å². The number of hydrogen-bond acceptors (Lipinski definition) is 6. The van der Waals surface area contributed by atoms with E-state index in [1.165, 1.54) is 0 Å². The van der Waals surface area contributed by atoms with Gasteiger partial charge in [-0.2, -0.15) is 0 Å². The second-order valence-corrected chi connectivity index (χ2v) is 8.34. The van der Waals surface area contributed by atoms with Crippen molar-refractivity contribution in [3.05, 3.63) is 88.7 Å². The molecule has 4 heterocycles. The molecule has 1 aliphatic heterocycles. The largest absolute Gasteiger partial charge is 0.369 e. The van der Waals surface area contributed by atoms with Gasteiger partial charge in [0.15, 0.2) is 17.4 Å². The van der Waals surface area contributed by atoms with Crippen LogP contribution in [0.5, 0.6) is 0 Å². The molecule has 0 N–H and O–H groups in total. The molecule has 8 nitrogen and oxygen atoms in total. The van der Waals surface area contributed by atoms with Crippen molar-refractivity contribution in [3.8, 4) is 28.5 Å². The van der Waals surface area contributed by atoms with Crippen LogP contribution < -0.4 is 0 Å². The lowest BCUT2D eigenvalue weighted by molar-refractivity contribution is 0.0994. The summed E-state index contributed by atoms with van der Waals surface area (Å²) in [5.41, 5.74) is 5.37. The Labute approximate surface area is 194 Å². The maximum atomic E-state index is 6.36. The normalized spacial score (nSPS) is 12.2. The third kappa shape index (κ3) is 3.53. The summed E-state index contributed by atoms with van der Waals surface area (Å²) >= 11 is 6.36. The minimum atomic E-state index is 0.322. The molecule has 0 spiro atoms. The molecule has 0 saturated carbocycles. The molecular formula is C24H19ClN6O2. The average molecular weight is 459 g/mol. The van der Waals surface area contributed by atoms with Gasteiger partial charge in [-0.25, -0.2) is 4.98 Å². The van der Waals surface area contributed by atoms with Crippen LogP contribution in [0.2, 0.25) is 5.02 Å². The molecular weight excluding hydrogens is 440 g/mol. The Morgan fingerprint density at radius 2 is 1.94 bits per heavy atom. The predicted octanol–water partition coefficient (Wildman–Crippen LogP) is 4.83. The zero-order valence-corrected chi connectivity index (χ0v) is 18.5. The van der Waals surface area contributed by atoms with Gasteiger partial charge in [-0.3, -0.25) is 4.57 Å². The molecule has 3 aromatic heterocycles. The van der Waals surface area contributed by atoms with Crippen LogP contribution >= 0.6 is 11.6 Å². The van der Waals surface area contributed by atoms with E-state index in [0.717, 1.165) is 45.5 Å². The molecule has 0 saturated heterocycles. The maximum Gasteiger partial charge on any atom is 0.187 e. The number of halogens is 1. The maximum absolute atomic E-state index is 6.36. The number of ether oxygens (including phenoxy) is 1. The molecule has 33 heavy (non-hydrogen) atoms. The van der Waals surface area contributed by atoms with Crippen molar-refractivity contribution in [2.24, 2.45) is 0 Å². The van der Waals surface area contributed by atoms with Crippen molar-refractivity contribution in [3.63, 3.8) is 0 Å². The molecule has 0 bridgehead atoms. The Kier molecular flexibility index (Phi) is 4.82. The van der Waals surface area contributed by atoms with Crippen molar-refractivity contribution in [2.75, 3.05) is 0 Å². The van der Waals surface area contributed by atoms with E-state index >= 15 is 0 Å². The summed E-state index contributed by atoms with van der Waals surface area (Å²) in [6, 6.07) is 17.7. The van der Waals surface area contributed by atoms with E-state index in [-0.39, 0.29) is 0 Å². The number of aromatic nitrogens is 6. The van der Waals surface area contributed by atoms with Gasteiger partial charge in [0, 0.05) is 16.7 Å². The van der Waals surface area contributed by atoms with E-state index in [4.69, 9.17) is 20.9 Å². The highest BCUT2D eigenvalue weighted by Crippen LogP contribution is 2.36. The highest BCUT2D eigenvalue weighted by atomic mass is 35.5. The van der Waals surface area contributed by atoms with Crippen molar-refractivity contribution < 1.29 is 9.26 Å². The van der Waals surface area contributed by atoms with Gasteiger partial charge in [-0.1, -0.05) is 47.1 Å². The van der Waals surface area contributed by atoms with Gasteiger partial charge in [0.1, 0.15) is 18.6 Å². The Balaban J connectivity index is 1.42. The Hall–Kier alpha value is -3.75.